The van der Waals surface area contributed by atoms with Gasteiger partial charge in [0.05, 0.1) is 26.4 Å². The number of phosphoric ester groups is 2. The first kappa shape index (κ1) is 102. The van der Waals surface area contributed by atoms with Crippen molar-refractivity contribution >= 4 is 39.5 Å². The number of aliphatic hydroxyl groups excluding tert-OH is 1. The van der Waals surface area contributed by atoms with Crippen molar-refractivity contribution in [3.63, 3.8) is 0 Å². The van der Waals surface area contributed by atoms with Crippen molar-refractivity contribution < 1.29 is 80.2 Å². The van der Waals surface area contributed by atoms with Gasteiger partial charge in [0.2, 0.25) is 0 Å². The molecule has 618 valence electrons. The molecule has 0 spiro atoms. The van der Waals surface area contributed by atoms with Gasteiger partial charge in [0.1, 0.15) is 19.3 Å². The first-order valence-corrected chi connectivity index (χ1v) is 46.9. The minimum Gasteiger partial charge on any atom is -0.462 e. The van der Waals surface area contributed by atoms with Crippen molar-refractivity contribution in [3.05, 3.63) is 0 Å². The second-order valence-electron chi connectivity index (χ2n) is 31.8. The molecule has 0 rings (SSSR count). The summed E-state index contributed by atoms with van der Waals surface area (Å²) in [6.45, 7) is 12.1. The number of ether oxygens (including phenoxy) is 4. The Hall–Kier alpha value is -1.94. The van der Waals surface area contributed by atoms with Crippen LogP contribution in [0.15, 0.2) is 0 Å². The zero-order valence-corrected chi connectivity index (χ0v) is 70.3. The van der Waals surface area contributed by atoms with Crippen LogP contribution in [0.3, 0.4) is 0 Å². The summed E-state index contributed by atoms with van der Waals surface area (Å²) in [7, 11) is -9.93. The molecule has 0 fully saturated rings. The van der Waals surface area contributed by atoms with E-state index in [2.05, 4.69) is 48.5 Å². The van der Waals surface area contributed by atoms with Crippen molar-refractivity contribution in [2.45, 2.75) is 465 Å². The summed E-state index contributed by atoms with van der Waals surface area (Å²) in [5.74, 6) is 0.310. The van der Waals surface area contributed by atoms with Crippen LogP contribution in [-0.2, 0) is 65.4 Å². The molecule has 0 radical (unpaired) electrons. The van der Waals surface area contributed by atoms with Crippen LogP contribution in [0.25, 0.3) is 0 Å². The smallest absolute Gasteiger partial charge is 0.462 e. The van der Waals surface area contributed by atoms with Gasteiger partial charge in [0.25, 0.3) is 0 Å². The van der Waals surface area contributed by atoms with Crippen LogP contribution in [-0.4, -0.2) is 96.7 Å². The fraction of sp³-hybridized carbons (Fsp3) is 0.953. The van der Waals surface area contributed by atoms with Crippen molar-refractivity contribution in [1.82, 2.24) is 0 Å². The van der Waals surface area contributed by atoms with E-state index >= 15 is 0 Å². The lowest BCUT2D eigenvalue weighted by Crippen LogP contribution is -2.30. The Morgan fingerprint density at radius 2 is 0.490 bits per heavy atom. The Kier molecular flexibility index (Phi) is 73.7. The summed E-state index contributed by atoms with van der Waals surface area (Å²) in [5, 5.41) is 10.7. The zero-order valence-electron chi connectivity index (χ0n) is 68.5. The molecule has 0 aromatic heterocycles. The minimum absolute atomic E-state index is 0.107. The number of hydrogen-bond acceptors (Lipinski definition) is 15. The van der Waals surface area contributed by atoms with Gasteiger partial charge in [-0.15, -0.1) is 0 Å². The molecule has 0 heterocycles. The van der Waals surface area contributed by atoms with Gasteiger partial charge in [-0.1, -0.05) is 395 Å². The van der Waals surface area contributed by atoms with Crippen LogP contribution in [0.2, 0.25) is 0 Å². The Balaban J connectivity index is 5.26. The van der Waals surface area contributed by atoms with E-state index in [9.17, 15) is 43.2 Å². The lowest BCUT2D eigenvalue weighted by Gasteiger charge is -2.21. The zero-order chi connectivity index (χ0) is 76.5. The van der Waals surface area contributed by atoms with Crippen LogP contribution in [0.1, 0.15) is 447 Å². The Morgan fingerprint density at radius 1 is 0.279 bits per heavy atom. The maximum absolute atomic E-state index is 13.1. The summed E-state index contributed by atoms with van der Waals surface area (Å²) >= 11 is 0. The monoisotopic (exact) mass is 1520 g/mol. The average molecular weight is 1520 g/mol. The topological polar surface area (TPSA) is 237 Å². The largest absolute Gasteiger partial charge is 0.472 e. The van der Waals surface area contributed by atoms with Crippen LogP contribution in [0.4, 0.5) is 0 Å². The van der Waals surface area contributed by atoms with Gasteiger partial charge in [0, 0.05) is 25.7 Å². The van der Waals surface area contributed by atoms with Crippen molar-refractivity contribution in [3.8, 4) is 0 Å². The van der Waals surface area contributed by atoms with Gasteiger partial charge < -0.3 is 33.8 Å². The third-order valence-electron chi connectivity index (χ3n) is 20.2. The van der Waals surface area contributed by atoms with E-state index in [0.717, 1.165) is 108 Å². The molecule has 0 aliphatic carbocycles. The molecule has 0 bridgehead atoms. The molecule has 3 unspecified atom stereocenters. The van der Waals surface area contributed by atoms with E-state index in [1.165, 1.54) is 257 Å². The van der Waals surface area contributed by atoms with E-state index in [0.29, 0.717) is 25.7 Å². The number of esters is 4. The van der Waals surface area contributed by atoms with E-state index in [1.807, 2.05) is 0 Å². The number of aliphatic hydroxyl groups is 1. The van der Waals surface area contributed by atoms with Crippen LogP contribution < -0.4 is 0 Å². The van der Waals surface area contributed by atoms with Gasteiger partial charge in [-0.2, -0.15) is 0 Å². The van der Waals surface area contributed by atoms with E-state index in [4.69, 9.17) is 37.0 Å². The van der Waals surface area contributed by atoms with Gasteiger partial charge >= 0.3 is 39.5 Å². The molecule has 0 amide bonds. The SMILES string of the molecule is CCCCCCCCCCCCCCCC(=O)OC[C@H](COP(=O)(O)OC[C@H](O)COP(=O)(O)OC[C@@H](COC(=O)CCCCCCCCCCCCCCCC(C)C)OC(=O)CCCCCCCCCCCCCCCCCCCCC(C)C)OC(=O)CCCCCCCCCCCCC(C)CC. The molecule has 0 saturated heterocycles. The summed E-state index contributed by atoms with van der Waals surface area (Å²) in [6.07, 6.45) is 65.1. The minimum atomic E-state index is -4.97. The summed E-state index contributed by atoms with van der Waals surface area (Å²) in [5.41, 5.74) is 0. The number of unbranched alkanes of at least 4 members (excludes halogenated alkanes) is 50. The maximum Gasteiger partial charge on any atom is 0.472 e. The molecule has 6 atom stereocenters. The highest BCUT2D eigenvalue weighted by Gasteiger charge is 2.30. The standard InChI is InChI=1S/C85H166O17P2/c1-8-10-11-12-13-14-15-23-30-38-45-52-59-66-82(87)95-73-81(102-85(90)69-62-55-48-41-34-33-37-44-51-58-65-78(7)9-2)75-100-104(93,94)98-71-79(86)70-97-103(91,92)99-74-80(72-96-83(88)67-60-53-46-39-31-27-22-25-29-36-43-50-57-64-77(5)6)101-84(89)68-61-54-47-40-32-26-21-19-17-16-18-20-24-28-35-42-49-56-63-76(3)4/h76-81,86H,8-75H2,1-7H3,(H,91,92)(H,93,94)/t78?,79-,80-,81-/m1/s1. The molecule has 3 N–H and O–H groups in total. The van der Waals surface area contributed by atoms with Crippen LogP contribution in [0.5, 0.6) is 0 Å². The number of hydrogen-bond donors (Lipinski definition) is 3. The number of phosphoric acid groups is 2. The molecular weight excluding hydrogens is 1350 g/mol. The summed E-state index contributed by atoms with van der Waals surface area (Å²) in [4.78, 5) is 73.2. The Morgan fingerprint density at radius 3 is 0.731 bits per heavy atom. The Bertz CT molecular complexity index is 2010. The molecule has 19 heteroatoms. The molecule has 0 aliphatic rings. The lowest BCUT2D eigenvalue weighted by atomic mass is 9.99. The van der Waals surface area contributed by atoms with Gasteiger partial charge in [-0.25, -0.2) is 9.13 Å². The summed E-state index contributed by atoms with van der Waals surface area (Å²) < 4.78 is 68.9. The number of carbonyl (C=O) groups excluding carboxylic acids is 4. The third kappa shape index (κ3) is 76.8. The van der Waals surface area contributed by atoms with Gasteiger partial charge in [-0.05, 0) is 43.4 Å². The fourth-order valence-corrected chi connectivity index (χ4v) is 14.7. The normalized spacial score (nSPS) is 14.2. The first-order valence-electron chi connectivity index (χ1n) is 43.9. The fourth-order valence-electron chi connectivity index (χ4n) is 13.2. The highest BCUT2D eigenvalue weighted by atomic mass is 31.2. The molecule has 0 saturated carbocycles. The molecular formula is C85H166O17P2. The molecule has 0 aromatic carbocycles. The lowest BCUT2D eigenvalue weighted by molar-refractivity contribution is -0.161. The van der Waals surface area contributed by atoms with E-state index < -0.39 is 97.5 Å². The Labute approximate surface area is 638 Å². The third-order valence-corrected chi connectivity index (χ3v) is 22.1. The quantitative estimate of drug-likeness (QED) is 0.0222. The predicted octanol–water partition coefficient (Wildman–Crippen LogP) is 25.7. The molecule has 104 heavy (non-hydrogen) atoms. The average Bonchev–Trinajstić information content (AvgIpc) is 0.923. The predicted molar refractivity (Wildman–Crippen MR) is 428 cm³/mol. The number of rotatable bonds is 83. The van der Waals surface area contributed by atoms with Crippen molar-refractivity contribution in [2.24, 2.45) is 17.8 Å². The highest BCUT2D eigenvalue weighted by molar-refractivity contribution is 7.47. The maximum atomic E-state index is 13.1. The van der Waals surface area contributed by atoms with E-state index in [1.54, 1.807) is 0 Å². The van der Waals surface area contributed by atoms with Crippen molar-refractivity contribution in [1.29, 1.82) is 0 Å². The first-order chi connectivity index (χ1) is 50.3. The van der Waals surface area contributed by atoms with Crippen LogP contribution in [0, 0.1) is 17.8 Å². The highest BCUT2D eigenvalue weighted by Crippen LogP contribution is 2.45. The number of carbonyl (C=O) groups is 4. The van der Waals surface area contributed by atoms with Crippen LogP contribution >= 0.6 is 15.6 Å². The molecule has 17 nitrogen and oxygen atoms in total. The van der Waals surface area contributed by atoms with Gasteiger partial charge in [-0.3, -0.25) is 37.3 Å². The van der Waals surface area contributed by atoms with E-state index in [-0.39, 0.29) is 25.7 Å². The molecule has 0 aliphatic heterocycles. The second kappa shape index (κ2) is 75.1. The molecule has 0 aromatic rings. The summed E-state index contributed by atoms with van der Waals surface area (Å²) in [6, 6.07) is 0. The second-order valence-corrected chi connectivity index (χ2v) is 34.7. The van der Waals surface area contributed by atoms with Gasteiger partial charge in [0.15, 0.2) is 12.2 Å². The van der Waals surface area contributed by atoms with Crippen molar-refractivity contribution in [2.75, 3.05) is 39.6 Å².